The first-order valence-corrected chi connectivity index (χ1v) is 18.7. The van der Waals surface area contributed by atoms with Crippen LogP contribution in [0, 0.1) is 11.8 Å². The number of benzene rings is 4. The summed E-state index contributed by atoms with van der Waals surface area (Å²) in [5.74, 6) is -1.34. The second-order valence-corrected chi connectivity index (χ2v) is 14.2. The molecule has 5 N–H and O–H groups in total. The Bertz CT molecular complexity index is 2540. The predicted octanol–water partition coefficient (Wildman–Crippen LogP) is 6.52. The maximum Gasteiger partial charge on any atom is 0.295 e. The minimum absolute atomic E-state index is 0.0144. The Labute approximate surface area is 314 Å². The van der Waals surface area contributed by atoms with E-state index >= 15 is 0 Å². The molecule has 1 amide bonds. The van der Waals surface area contributed by atoms with Gasteiger partial charge in [-0.2, -0.15) is 33.6 Å². The molecule has 20 heteroatoms. The van der Waals surface area contributed by atoms with Crippen molar-refractivity contribution in [1.29, 1.82) is 0 Å². The SMILES string of the molecule is [C-]#[N+]N=C1CC(=O)C(N=Nc2ccc(NNc3ccc(/C=C/c4ccc([N+]([O-])=Nc5ccc(/C=C/C)c(S(=O)(=O)O)c5)cc4)c(S(=O)(=O)O)c3)cc2)C(=O)N1. The van der Waals surface area contributed by atoms with Crippen LogP contribution < -0.4 is 16.2 Å². The minimum atomic E-state index is -4.68. The summed E-state index contributed by atoms with van der Waals surface area (Å²) in [6, 6.07) is 19.0. The van der Waals surface area contributed by atoms with Crippen molar-refractivity contribution < 1.29 is 40.4 Å². The quantitative estimate of drug-likeness (QED) is 0.0196. The fourth-order valence-corrected chi connectivity index (χ4v) is 6.35. The molecule has 5 rings (SSSR count). The van der Waals surface area contributed by atoms with Gasteiger partial charge >= 0.3 is 0 Å². The fourth-order valence-electron chi connectivity index (χ4n) is 4.94. The number of hydrogen-bond acceptors (Lipinski definition) is 13. The van der Waals surface area contributed by atoms with Gasteiger partial charge in [0.1, 0.15) is 20.6 Å². The highest BCUT2D eigenvalue weighted by molar-refractivity contribution is 7.86. The summed E-state index contributed by atoms with van der Waals surface area (Å²) in [7, 11) is -9.26. The molecule has 4 aromatic carbocycles. The van der Waals surface area contributed by atoms with Gasteiger partial charge in [-0.15, -0.1) is 4.95 Å². The van der Waals surface area contributed by atoms with Crippen LogP contribution in [0.4, 0.5) is 28.4 Å². The van der Waals surface area contributed by atoms with Gasteiger partial charge in [0, 0.05) is 17.2 Å². The zero-order valence-electron chi connectivity index (χ0n) is 28.4. The van der Waals surface area contributed by atoms with E-state index in [9.17, 15) is 40.7 Å². The molecule has 1 saturated heterocycles. The lowest BCUT2D eigenvalue weighted by molar-refractivity contribution is -0.435. The van der Waals surface area contributed by atoms with Crippen molar-refractivity contribution in [2.75, 3.05) is 10.9 Å². The number of azo groups is 2. The molecular formula is C35H29N9O9S2. The van der Waals surface area contributed by atoms with Gasteiger partial charge in [0.25, 0.3) is 26.1 Å². The number of carbonyl (C=O) groups excluding carboxylic acids is 2. The lowest BCUT2D eigenvalue weighted by Gasteiger charge is -2.15. The topological polar surface area (TPSA) is 259 Å². The van der Waals surface area contributed by atoms with Crippen molar-refractivity contribution in [3.8, 4) is 0 Å². The van der Waals surface area contributed by atoms with Crippen LogP contribution in [-0.2, 0) is 29.8 Å². The van der Waals surface area contributed by atoms with Crippen molar-refractivity contribution in [2.45, 2.75) is 29.2 Å². The van der Waals surface area contributed by atoms with E-state index in [4.69, 9.17) is 6.57 Å². The van der Waals surface area contributed by atoms with Crippen LogP contribution in [0.3, 0.4) is 0 Å². The van der Waals surface area contributed by atoms with E-state index in [1.807, 2.05) is 0 Å². The average molecular weight is 784 g/mol. The van der Waals surface area contributed by atoms with Gasteiger partial charge in [0.2, 0.25) is 11.7 Å². The lowest BCUT2D eigenvalue weighted by atomic mass is 10.1. The number of carbonyl (C=O) groups is 2. The molecule has 0 radical (unpaired) electrons. The second kappa shape index (κ2) is 16.8. The maximum absolute atomic E-state index is 12.7. The molecule has 0 bridgehead atoms. The van der Waals surface area contributed by atoms with Crippen molar-refractivity contribution in [1.82, 2.24) is 5.32 Å². The van der Waals surface area contributed by atoms with Gasteiger partial charge < -0.3 is 21.4 Å². The van der Waals surface area contributed by atoms with Gasteiger partial charge in [-0.1, -0.05) is 41.3 Å². The first kappa shape index (κ1) is 39.3. The van der Waals surface area contributed by atoms with Crippen LogP contribution in [-0.4, -0.2) is 54.4 Å². The number of hydrogen-bond donors (Lipinski definition) is 5. The van der Waals surface area contributed by atoms with Crippen LogP contribution in [0.2, 0.25) is 0 Å². The van der Waals surface area contributed by atoms with Crippen molar-refractivity contribution in [3.63, 3.8) is 0 Å². The van der Waals surface area contributed by atoms with Crippen molar-refractivity contribution in [3.05, 3.63) is 124 Å². The van der Waals surface area contributed by atoms with Gasteiger partial charge in [-0.05, 0) is 84.3 Å². The van der Waals surface area contributed by atoms with Crippen LogP contribution in [0.1, 0.15) is 30.0 Å². The third kappa shape index (κ3) is 10.4. The Balaban J connectivity index is 1.23. The van der Waals surface area contributed by atoms with Gasteiger partial charge in [-0.25, -0.2) is 0 Å². The van der Waals surface area contributed by atoms with Crippen LogP contribution in [0.5, 0.6) is 0 Å². The number of hydrazine groups is 1. The Kier molecular flexibility index (Phi) is 12.0. The molecule has 4 aromatic rings. The van der Waals surface area contributed by atoms with E-state index in [-0.39, 0.29) is 45.3 Å². The second-order valence-electron chi connectivity index (χ2n) is 11.4. The smallest absolute Gasteiger partial charge is 0.295 e. The summed E-state index contributed by atoms with van der Waals surface area (Å²) in [5.41, 5.74) is 7.85. The van der Waals surface area contributed by atoms with E-state index in [2.05, 4.69) is 41.6 Å². The summed E-state index contributed by atoms with van der Waals surface area (Å²) >= 11 is 0. The molecule has 0 aliphatic carbocycles. The summed E-state index contributed by atoms with van der Waals surface area (Å²) < 4.78 is 67.7. The number of ketones is 1. The van der Waals surface area contributed by atoms with Crippen molar-refractivity contribution >= 4 is 84.4 Å². The Morgan fingerprint density at radius 1 is 0.836 bits per heavy atom. The van der Waals surface area contributed by atoms with Crippen LogP contribution in [0.15, 0.2) is 121 Å². The standard InChI is InChI=1S/C35H29N9O9S2/c1-3-4-23-10-12-28(20-32(23)55(51,52)53)43-44(47)29-17-6-22(7-18-29)5-8-24-9-11-27(19-31(24)54(48,49)50)40-38-25-13-15-26(16-14-25)39-42-34-30(45)21-33(41-36-2)37-35(34)46/h3-20,34,38,40H,21H2,1H3,(H,37,41,46)(H,48,49,50)(H,51,52,53)/b4-3+,8-5+,42-39?,44-43?. The summed E-state index contributed by atoms with van der Waals surface area (Å²) in [5, 5.41) is 30.0. The number of piperidine rings is 1. The number of Topliss-reactive ketones (excluding diaryl/α,β-unsaturated/α-hetero) is 1. The summed E-state index contributed by atoms with van der Waals surface area (Å²) in [6.45, 7) is 8.39. The first-order chi connectivity index (χ1) is 26.1. The molecule has 1 heterocycles. The predicted molar refractivity (Wildman–Crippen MR) is 202 cm³/mol. The molecule has 1 atom stereocenters. The van der Waals surface area contributed by atoms with E-state index in [1.54, 1.807) is 61.5 Å². The molecular weight excluding hydrogens is 755 g/mol. The van der Waals surface area contributed by atoms with Gasteiger partial charge in [-0.3, -0.25) is 18.7 Å². The van der Waals surface area contributed by atoms with E-state index in [0.29, 0.717) is 16.9 Å². The molecule has 1 fully saturated rings. The Morgan fingerprint density at radius 3 is 2.07 bits per heavy atom. The first-order valence-electron chi connectivity index (χ1n) is 15.8. The zero-order valence-corrected chi connectivity index (χ0v) is 30.1. The largest absolute Gasteiger partial charge is 0.594 e. The monoisotopic (exact) mass is 783 g/mol. The van der Waals surface area contributed by atoms with Gasteiger partial charge in [0.05, 0.1) is 23.5 Å². The van der Waals surface area contributed by atoms with E-state index in [1.165, 1.54) is 48.6 Å². The lowest BCUT2D eigenvalue weighted by Crippen LogP contribution is -2.48. The average Bonchev–Trinajstić information content (AvgIpc) is 3.13. The molecule has 55 heavy (non-hydrogen) atoms. The van der Waals surface area contributed by atoms with E-state index in [0.717, 1.165) is 6.07 Å². The highest BCUT2D eigenvalue weighted by Crippen LogP contribution is 2.27. The van der Waals surface area contributed by atoms with Crippen LogP contribution in [0.25, 0.3) is 23.2 Å². The number of nitrogens with zero attached hydrogens (tertiary/aromatic N) is 6. The Morgan fingerprint density at radius 2 is 1.44 bits per heavy atom. The number of anilines is 2. The molecule has 0 spiro atoms. The van der Waals surface area contributed by atoms with Crippen molar-refractivity contribution in [2.24, 2.45) is 20.4 Å². The number of amidine groups is 1. The number of nitrogens with one attached hydrogen (secondary N) is 3. The van der Waals surface area contributed by atoms with E-state index < -0.39 is 47.8 Å². The highest BCUT2D eigenvalue weighted by atomic mass is 32.2. The molecule has 18 nitrogen and oxygen atoms in total. The molecule has 1 aliphatic rings. The number of allylic oxidation sites excluding steroid dienone is 1. The van der Waals surface area contributed by atoms with Crippen LogP contribution >= 0.6 is 0 Å². The number of amides is 1. The minimum Gasteiger partial charge on any atom is -0.594 e. The summed E-state index contributed by atoms with van der Waals surface area (Å²) in [4.78, 5) is 26.6. The zero-order chi connectivity index (χ0) is 39.8. The third-order valence-corrected chi connectivity index (χ3v) is 9.35. The molecule has 0 saturated carbocycles. The number of rotatable bonds is 12. The maximum atomic E-state index is 12.7. The highest BCUT2D eigenvalue weighted by Gasteiger charge is 2.34. The molecule has 0 aromatic heterocycles. The molecule has 1 aliphatic heterocycles. The normalized spacial score (nSPS) is 16.1. The Hall–Kier alpha value is -6.92. The summed E-state index contributed by atoms with van der Waals surface area (Å²) in [6.07, 6.45) is 5.83. The van der Waals surface area contributed by atoms with Gasteiger partial charge in [0.15, 0.2) is 11.6 Å². The molecule has 1 unspecified atom stereocenters. The fraction of sp³-hybridized carbons (Fsp3) is 0.0857. The third-order valence-electron chi connectivity index (χ3n) is 7.53. The molecule has 280 valence electrons.